The van der Waals surface area contributed by atoms with Gasteiger partial charge in [0.15, 0.2) is 0 Å². The fourth-order valence-corrected chi connectivity index (χ4v) is 3.34. The van der Waals surface area contributed by atoms with E-state index in [1.807, 2.05) is 13.0 Å². The molecule has 1 aromatic heterocycles. The van der Waals surface area contributed by atoms with Crippen molar-refractivity contribution in [1.29, 1.82) is 0 Å². The van der Waals surface area contributed by atoms with Gasteiger partial charge < -0.3 is 10.1 Å². The first-order valence-electron chi connectivity index (χ1n) is 8.51. The second-order valence-corrected chi connectivity index (χ2v) is 6.81. The molecular weight excluding hydrogens is 323 g/mol. The molecule has 1 N–H and O–H groups in total. The van der Waals surface area contributed by atoms with Crippen LogP contribution in [0.2, 0.25) is 0 Å². The van der Waals surface area contributed by atoms with Crippen molar-refractivity contribution in [1.82, 2.24) is 14.7 Å². The molecule has 1 aliphatic heterocycles. The summed E-state index contributed by atoms with van der Waals surface area (Å²) in [6.45, 7) is 4.37. The predicted octanol–water partition coefficient (Wildman–Crippen LogP) is 2.12. The number of halogens is 1. The van der Waals surface area contributed by atoms with Gasteiger partial charge in [-0.3, -0.25) is 9.69 Å². The van der Waals surface area contributed by atoms with Crippen LogP contribution in [0.5, 0.6) is 0 Å². The van der Waals surface area contributed by atoms with E-state index in [1.165, 1.54) is 12.1 Å². The van der Waals surface area contributed by atoms with Gasteiger partial charge in [-0.25, -0.2) is 9.07 Å². The Kier molecular flexibility index (Phi) is 4.05. The Hall–Kier alpha value is -2.25. The normalized spacial score (nSPS) is 19.1. The van der Waals surface area contributed by atoms with Crippen LogP contribution in [-0.4, -0.2) is 52.4 Å². The molecule has 2 aliphatic rings. The van der Waals surface area contributed by atoms with Crippen LogP contribution in [0.4, 0.5) is 10.2 Å². The number of aryl methyl sites for hydroxylation is 1. The number of hydrogen-bond donors (Lipinski definition) is 1. The molecule has 1 spiro atoms. The van der Waals surface area contributed by atoms with Crippen LogP contribution in [0.25, 0.3) is 5.69 Å². The number of carbonyl (C=O) groups is 1. The molecule has 4 rings (SSSR count). The van der Waals surface area contributed by atoms with Gasteiger partial charge in [-0.15, -0.1) is 0 Å². The summed E-state index contributed by atoms with van der Waals surface area (Å²) in [7, 11) is 0. The van der Waals surface area contributed by atoms with Crippen molar-refractivity contribution in [3.8, 4) is 5.69 Å². The Morgan fingerprint density at radius 3 is 2.84 bits per heavy atom. The van der Waals surface area contributed by atoms with Crippen LogP contribution in [0.15, 0.2) is 30.3 Å². The second kappa shape index (κ2) is 6.24. The quantitative estimate of drug-likeness (QED) is 0.923. The van der Waals surface area contributed by atoms with Gasteiger partial charge in [0.2, 0.25) is 5.91 Å². The van der Waals surface area contributed by atoms with E-state index in [2.05, 4.69) is 15.3 Å². The standard InChI is InChI=1S/C18H21FN4O2/c1-13-10-16(23(21-13)15-4-2-14(19)3-5-15)20-17(24)11-22-8-9-25-12-18(22)6-7-18/h2-5,10H,6-9,11-12H2,1H3,(H,20,24). The van der Waals surface area contributed by atoms with E-state index in [-0.39, 0.29) is 17.3 Å². The fraction of sp³-hybridized carbons (Fsp3) is 0.444. The number of benzene rings is 1. The molecule has 1 saturated carbocycles. The Labute approximate surface area is 145 Å². The number of hydrogen-bond acceptors (Lipinski definition) is 4. The molecule has 1 amide bonds. The number of nitrogens with zero attached hydrogens (tertiary/aromatic N) is 3. The van der Waals surface area contributed by atoms with Crippen LogP contribution in [0.3, 0.4) is 0 Å². The molecule has 2 heterocycles. The van der Waals surface area contributed by atoms with E-state index in [0.717, 1.165) is 25.1 Å². The Morgan fingerprint density at radius 2 is 2.12 bits per heavy atom. The predicted molar refractivity (Wildman–Crippen MR) is 91.2 cm³/mol. The maximum atomic E-state index is 13.1. The molecule has 7 heteroatoms. The molecule has 2 fully saturated rings. The highest BCUT2D eigenvalue weighted by Gasteiger charge is 2.50. The molecule has 6 nitrogen and oxygen atoms in total. The largest absolute Gasteiger partial charge is 0.378 e. The number of aromatic nitrogens is 2. The summed E-state index contributed by atoms with van der Waals surface area (Å²) in [5.41, 5.74) is 1.56. The summed E-state index contributed by atoms with van der Waals surface area (Å²) in [4.78, 5) is 14.8. The monoisotopic (exact) mass is 344 g/mol. The maximum Gasteiger partial charge on any atom is 0.239 e. The maximum absolute atomic E-state index is 13.1. The number of ether oxygens (including phenoxy) is 1. The minimum Gasteiger partial charge on any atom is -0.378 e. The topological polar surface area (TPSA) is 59.4 Å². The van der Waals surface area contributed by atoms with E-state index in [0.29, 0.717) is 31.3 Å². The van der Waals surface area contributed by atoms with Gasteiger partial charge in [-0.05, 0) is 44.0 Å². The first-order valence-corrected chi connectivity index (χ1v) is 8.51. The number of nitrogens with one attached hydrogen (secondary N) is 1. The van der Waals surface area contributed by atoms with Crippen LogP contribution in [-0.2, 0) is 9.53 Å². The van der Waals surface area contributed by atoms with Crippen LogP contribution in [0.1, 0.15) is 18.5 Å². The average molecular weight is 344 g/mol. The lowest BCUT2D eigenvalue weighted by molar-refractivity contribution is -0.120. The van der Waals surface area contributed by atoms with Gasteiger partial charge in [0.1, 0.15) is 11.6 Å². The lowest BCUT2D eigenvalue weighted by atomic mass is 10.2. The van der Waals surface area contributed by atoms with Gasteiger partial charge in [0.25, 0.3) is 0 Å². The van der Waals surface area contributed by atoms with Crippen molar-refractivity contribution in [2.75, 3.05) is 31.6 Å². The zero-order valence-corrected chi connectivity index (χ0v) is 14.2. The molecule has 0 unspecified atom stereocenters. The van der Waals surface area contributed by atoms with Gasteiger partial charge in [-0.2, -0.15) is 5.10 Å². The molecular formula is C18H21FN4O2. The van der Waals surface area contributed by atoms with Crippen LogP contribution in [0, 0.1) is 12.7 Å². The summed E-state index contributed by atoms with van der Waals surface area (Å²) < 4.78 is 20.3. The first kappa shape index (κ1) is 16.2. The zero-order chi connectivity index (χ0) is 17.4. The molecule has 1 aromatic carbocycles. The van der Waals surface area contributed by atoms with Gasteiger partial charge in [0.05, 0.1) is 31.1 Å². The third-order valence-corrected chi connectivity index (χ3v) is 4.88. The van der Waals surface area contributed by atoms with Crippen molar-refractivity contribution in [2.24, 2.45) is 0 Å². The Balaban J connectivity index is 1.49. The van der Waals surface area contributed by atoms with Gasteiger partial charge >= 0.3 is 0 Å². The zero-order valence-electron chi connectivity index (χ0n) is 14.2. The summed E-state index contributed by atoms with van der Waals surface area (Å²) in [5, 5.41) is 7.34. The third kappa shape index (κ3) is 3.29. The number of carbonyl (C=O) groups excluding carboxylic acids is 1. The summed E-state index contributed by atoms with van der Waals surface area (Å²) >= 11 is 0. The summed E-state index contributed by atoms with van der Waals surface area (Å²) in [5.74, 6) is 0.212. The van der Waals surface area contributed by atoms with E-state index in [9.17, 15) is 9.18 Å². The SMILES string of the molecule is Cc1cc(NC(=O)CN2CCOCC23CC3)n(-c2ccc(F)cc2)n1. The number of amides is 1. The summed E-state index contributed by atoms with van der Waals surface area (Å²) in [6, 6.07) is 7.84. The van der Waals surface area contributed by atoms with Crippen molar-refractivity contribution >= 4 is 11.7 Å². The molecule has 1 saturated heterocycles. The highest BCUT2D eigenvalue weighted by Crippen LogP contribution is 2.43. The van der Waals surface area contributed by atoms with Crippen molar-refractivity contribution in [3.63, 3.8) is 0 Å². The van der Waals surface area contributed by atoms with E-state index in [4.69, 9.17) is 4.74 Å². The molecule has 0 bridgehead atoms. The molecule has 0 atom stereocenters. The highest BCUT2D eigenvalue weighted by atomic mass is 19.1. The first-order chi connectivity index (χ1) is 12.1. The Bertz CT molecular complexity index is 783. The Morgan fingerprint density at radius 1 is 1.36 bits per heavy atom. The lowest BCUT2D eigenvalue weighted by Crippen LogP contribution is -2.50. The molecule has 2 aromatic rings. The van der Waals surface area contributed by atoms with Crippen LogP contribution < -0.4 is 5.32 Å². The molecule has 0 radical (unpaired) electrons. The number of anilines is 1. The molecule has 25 heavy (non-hydrogen) atoms. The second-order valence-electron chi connectivity index (χ2n) is 6.81. The molecule has 132 valence electrons. The average Bonchev–Trinajstić information content (AvgIpc) is 3.26. The third-order valence-electron chi connectivity index (χ3n) is 4.88. The number of morpholine rings is 1. The fourth-order valence-electron chi connectivity index (χ4n) is 3.34. The van der Waals surface area contributed by atoms with E-state index >= 15 is 0 Å². The van der Waals surface area contributed by atoms with Crippen molar-refractivity contribution in [3.05, 3.63) is 41.8 Å². The van der Waals surface area contributed by atoms with E-state index in [1.54, 1.807) is 16.8 Å². The minimum absolute atomic E-state index is 0.0721. The van der Waals surface area contributed by atoms with Crippen molar-refractivity contribution < 1.29 is 13.9 Å². The summed E-state index contributed by atoms with van der Waals surface area (Å²) in [6.07, 6.45) is 2.18. The number of rotatable bonds is 4. The van der Waals surface area contributed by atoms with Crippen molar-refractivity contribution in [2.45, 2.75) is 25.3 Å². The van der Waals surface area contributed by atoms with Crippen LogP contribution >= 0.6 is 0 Å². The smallest absolute Gasteiger partial charge is 0.239 e. The van der Waals surface area contributed by atoms with Gasteiger partial charge in [-0.1, -0.05) is 0 Å². The van der Waals surface area contributed by atoms with E-state index < -0.39 is 0 Å². The van der Waals surface area contributed by atoms with Gasteiger partial charge in [0, 0.05) is 18.2 Å². The highest BCUT2D eigenvalue weighted by molar-refractivity contribution is 5.91. The lowest BCUT2D eigenvalue weighted by Gasteiger charge is -2.35. The minimum atomic E-state index is -0.305. The molecule has 1 aliphatic carbocycles.